The van der Waals surface area contributed by atoms with Crippen molar-refractivity contribution < 1.29 is 9.15 Å². The monoisotopic (exact) mass is 238 g/mol. The molecule has 0 N–H and O–H groups in total. The van der Waals surface area contributed by atoms with Crippen molar-refractivity contribution in [3.8, 4) is 0 Å². The molecule has 0 saturated carbocycles. The Morgan fingerprint density at radius 1 is 0.882 bits per heavy atom. The second kappa shape index (κ2) is 6.03. The van der Waals surface area contributed by atoms with E-state index in [-0.39, 0.29) is 0 Å². The first-order valence-corrected chi connectivity index (χ1v) is 6.82. The topological polar surface area (TPSA) is 12.5 Å². The molecular weight excluding hydrogens is 212 g/mol. The Morgan fingerprint density at radius 2 is 1.35 bits per heavy atom. The maximum Gasteiger partial charge on any atom is 0.233 e. The molecule has 0 spiro atoms. The standard InChI is InChI=1S/C13H26N4/c1-14-6-3-8-16(12-14)10-5-11-17-9-4-7-15(2)13-17/h12-13H,3-11H2,1-2H3/q+2. The van der Waals surface area contributed by atoms with E-state index in [2.05, 4.69) is 45.7 Å². The predicted octanol–water partition coefficient (Wildman–Crippen LogP) is 0.129. The fourth-order valence-electron chi connectivity index (χ4n) is 2.65. The van der Waals surface area contributed by atoms with Gasteiger partial charge in [0.1, 0.15) is 0 Å². The highest BCUT2D eigenvalue weighted by Gasteiger charge is 2.17. The molecule has 2 heterocycles. The summed E-state index contributed by atoms with van der Waals surface area (Å²) >= 11 is 0. The lowest BCUT2D eigenvalue weighted by Crippen LogP contribution is -2.38. The molecule has 2 aliphatic heterocycles. The van der Waals surface area contributed by atoms with Crippen LogP contribution in [-0.4, -0.2) is 85.0 Å². The maximum absolute atomic E-state index is 2.46. The van der Waals surface area contributed by atoms with Crippen molar-refractivity contribution in [2.45, 2.75) is 19.3 Å². The summed E-state index contributed by atoms with van der Waals surface area (Å²) in [6, 6.07) is 0. The van der Waals surface area contributed by atoms with Gasteiger partial charge >= 0.3 is 0 Å². The highest BCUT2D eigenvalue weighted by atomic mass is 15.2. The van der Waals surface area contributed by atoms with Gasteiger partial charge in [0.2, 0.25) is 12.7 Å². The van der Waals surface area contributed by atoms with E-state index in [4.69, 9.17) is 0 Å². The van der Waals surface area contributed by atoms with Crippen molar-refractivity contribution in [2.75, 3.05) is 53.4 Å². The predicted molar refractivity (Wildman–Crippen MR) is 71.2 cm³/mol. The largest absolute Gasteiger partial charge is 0.271 e. The Balaban J connectivity index is 1.69. The molecule has 0 aromatic heterocycles. The molecule has 0 saturated heterocycles. The van der Waals surface area contributed by atoms with Crippen LogP contribution in [0.1, 0.15) is 19.3 Å². The van der Waals surface area contributed by atoms with Crippen LogP contribution in [0.5, 0.6) is 0 Å². The normalized spacial score (nSPS) is 21.3. The number of rotatable bonds is 4. The lowest BCUT2D eigenvalue weighted by atomic mass is 10.3. The van der Waals surface area contributed by atoms with Gasteiger partial charge in [0.25, 0.3) is 0 Å². The van der Waals surface area contributed by atoms with E-state index < -0.39 is 0 Å². The van der Waals surface area contributed by atoms with Crippen LogP contribution in [0.2, 0.25) is 0 Å². The molecule has 96 valence electrons. The van der Waals surface area contributed by atoms with Gasteiger partial charge in [-0.1, -0.05) is 0 Å². The second-order valence-corrected chi connectivity index (χ2v) is 5.32. The molecule has 0 fully saturated rings. The maximum atomic E-state index is 2.46. The van der Waals surface area contributed by atoms with Gasteiger partial charge in [0, 0.05) is 19.3 Å². The minimum absolute atomic E-state index is 1.19. The quantitative estimate of drug-likeness (QED) is 0.646. The third-order valence-corrected chi connectivity index (χ3v) is 3.52. The fraction of sp³-hybridized carbons (Fsp3) is 0.846. The van der Waals surface area contributed by atoms with E-state index >= 15 is 0 Å². The van der Waals surface area contributed by atoms with E-state index in [0.717, 1.165) is 0 Å². The van der Waals surface area contributed by atoms with Crippen molar-refractivity contribution in [1.29, 1.82) is 0 Å². The molecule has 0 unspecified atom stereocenters. The lowest BCUT2D eigenvalue weighted by Gasteiger charge is -2.21. The Hall–Kier alpha value is -1.06. The Kier molecular flexibility index (Phi) is 4.40. The molecule has 0 atom stereocenters. The van der Waals surface area contributed by atoms with Gasteiger partial charge in [-0.15, -0.1) is 0 Å². The zero-order valence-corrected chi connectivity index (χ0v) is 11.3. The summed E-state index contributed by atoms with van der Waals surface area (Å²) in [5.74, 6) is 0. The number of hydrogen-bond donors (Lipinski definition) is 0. The summed E-state index contributed by atoms with van der Waals surface area (Å²) in [7, 11) is 4.33. The third-order valence-electron chi connectivity index (χ3n) is 3.52. The SMILES string of the molecule is C[N+]1=CN(CCCN2C=[N+](C)CCC2)CCC1. The highest BCUT2D eigenvalue weighted by molar-refractivity contribution is 5.50. The van der Waals surface area contributed by atoms with Crippen molar-refractivity contribution in [3.05, 3.63) is 0 Å². The zero-order chi connectivity index (χ0) is 12.1. The van der Waals surface area contributed by atoms with Crippen LogP contribution >= 0.6 is 0 Å². The number of nitrogens with zero attached hydrogens (tertiary/aromatic N) is 4. The van der Waals surface area contributed by atoms with Gasteiger partial charge in [-0.25, -0.2) is 0 Å². The van der Waals surface area contributed by atoms with Crippen molar-refractivity contribution in [1.82, 2.24) is 9.80 Å². The molecule has 0 bridgehead atoms. The van der Waals surface area contributed by atoms with Crippen LogP contribution < -0.4 is 0 Å². The van der Waals surface area contributed by atoms with E-state index in [1.165, 1.54) is 58.5 Å². The summed E-state index contributed by atoms with van der Waals surface area (Å²) in [5, 5.41) is 0. The van der Waals surface area contributed by atoms with Crippen molar-refractivity contribution >= 4 is 12.7 Å². The molecule has 2 aliphatic rings. The zero-order valence-electron chi connectivity index (χ0n) is 11.3. The minimum Gasteiger partial charge on any atom is -0.271 e. The smallest absolute Gasteiger partial charge is 0.233 e. The molecule has 4 heteroatoms. The van der Waals surface area contributed by atoms with Gasteiger partial charge in [0.15, 0.2) is 0 Å². The van der Waals surface area contributed by atoms with Gasteiger partial charge < -0.3 is 0 Å². The fourth-order valence-corrected chi connectivity index (χ4v) is 2.65. The van der Waals surface area contributed by atoms with Gasteiger partial charge in [-0.2, -0.15) is 0 Å². The number of hydrogen-bond acceptors (Lipinski definition) is 2. The first kappa shape index (κ1) is 12.4. The van der Waals surface area contributed by atoms with E-state index in [9.17, 15) is 0 Å². The Morgan fingerprint density at radius 3 is 1.76 bits per heavy atom. The van der Waals surface area contributed by atoms with Crippen LogP contribution in [0.15, 0.2) is 0 Å². The molecule has 2 rings (SSSR count). The highest BCUT2D eigenvalue weighted by Crippen LogP contribution is 2.00. The first-order chi connectivity index (χ1) is 8.24. The lowest BCUT2D eigenvalue weighted by molar-refractivity contribution is -0.503. The third kappa shape index (κ3) is 4.02. The van der Waals surface area contributed by atoms with Crippen molar-refractivity contribution in [2.24, 2.45) is 0 Å². The second-order valence-electron chi connectivity index (χ2n) is 5.32. The van der Waals surface area contributed by atoms with Crippen LogP contribution in [0.4, 0.5) is 0 Å². The first-order valence-electron chi connectivity index (χ1n) is 6.82. The molecule has 0 aromatic carbocycles. The molecule has 4 nitrogen and oxygen atoms in total. The van der Waals surface area contributed by atoms with Gasteiger partial charge in [-0.3, -0.25) is 19.0 Å². The van der Waals surface area contributed by atoms with Gasteiger partial charge in [0.05, 0.1) is 53.4 Å². The molecule has 0 radical (unpaired) electrons. The van der Waals surface area contributed by atoms with Crippen molar-refractivity contribution in [3.63, 3.8) is 0 Å². The minimum atomic E-state index is 1.19. The van der Waals surface area contributed by atoms with Crippen LogP contribution in [-0.2, 0) is 0 Å². The molecule has 17 heavy (non-hydrogen) atoms. The summed E-state index contributed by atoms with van der Waals surface area (Å²) in [5.41, 5.74) is 0. The molecular formula is C13H26N4+2. The average Bonchev–Trinajstić information content (AvgIpc) is 2.29. The Labute approximate surface area is 105 Å². The summed E-state index contributed by atoms with van der Waals surface area (Å²) in [6.07, 6.45) is 8.40. The van der Waals surface area contributed by atoms with E-state index in [1.807, 2.05) is 0 Å². The molecule has 0 aliphatic carbocycles. The van der Waals surface area contributed by atoms with Crippen LogP contribution in [0.3, 0.4) is 0 Å². The van der Waals surface area contributed by atoms with Gasteiger partial charge in [-0.05, 0) is 0 Å². The summed E-state index contributed by atoms with van der Waals surface area (Å²) in [4.78, 5) is 4.91. The van der Waals surface area contributed by atoms with E-state index in [0.29, 0.717) is 0 Å². The molecule has 0 amide bonds. The van der Waals surface area contributed by atoms with Crippen LogP contribution in [0, 0.1) is 0 Å². The van der Waals surface area contributed by atoms with Crippen LogP contribution in [0.25, 0.3) is 0 Å². The summed E-state index contributed by atoms with van der Waals surface area (Å²) in [6.45, 7) is 7.26. The van der Waals surface area contributed by atoms with E-state index in [1.54, 1.807) is 0 Å². The molecule has 0 aromatic rings. The Bertz CT molecular complexity index is 279. The average molecular weight is 238 g/mol. The summed E-state index contributed by atoms with van der Waals surface area (Å²) < 4.78 is 4.59.